The number of hydrogen-bond acceptors (Lipinski definition) is 3. The molecule has 0 aliphatic carbocycles. The van der Waals surface area contributed by atoms with Crippen LogP contribution in [-0.4, -0.2) is 10.2 Å². The van der Waals surface area contributed by atoms with Crippen molar-refractivity contribution >= 4 is 0 Å². The van der Waals surface area contributed by atoms with Crippen molar-refractivity contribution in [3.63, 3.8) is 0 Å². The normalized spacial score (nSPS) is 12.2. The van der Waals surface area contributed by atoms with E-state index in [2.05, 4.69) is 0 Å². The Labute approximate surface area is 110 Å². The molecule has 0 spiro atoms. The summed E-state index contributed by atoms with van der Waals surface area (Å²) in [7, 11) is 0. The topological polar surface area (TPSA) is 49.7 Å². The second-order valence-electron chi connectivity index (χ2n) is 4.26. The first-order chi connectivity index (χ1) is 9.10. The van der Waals surface area contributed by atoms with E-state index in [1.54, 1.807) is 31.2 Å². The van der Waals surface area contributed by atoms with Gasteiger partial charge in [-0.1, -0.05) is 12.1 Å². The maximum Gasteiger partial charge on any atom is 0.133 e. The minimum absolute atomic E-state index is 0.0320. The van der Waals surface area contributed by atoms with Gasteiger partial charge < -0.3 is 14.9 Å². The molecule has 0 heterocycles. The lowest BCUT2D eigenvalue weighted by molar-refractivity contribution is 0.195. The molecule has 0 radical (unpaired) electrons. The molecule has 4 heteroatoms. The lowest BCUT2D eigenvalue weighted by atomic mass is 10.1. The Morgan fingerprint density at radius 3 is 2.42 bits per heavy atom. The smallest absolute Gasteiger partial charge is 0.133 e. The van der Waals surface area contributed by atoms with Gasteiger partial charge in [-0.3, -0.25) is 0 Å². The predicted molar refractivity (Wildman–Crippen MR) is 69.5 cm³/mol. The van der Waals surface area contributed by atoms with Crippen molar-refractivity contribution in [1.29, 1.82) is 0 Å². The van der Waals surface area contributed by atoms with E-state index in [4.69, 9.17) is 9.84 Å². The fourth-order valence-electron chi connectivity index (χ4n) is 1.73. The van der Waals surface area contributed by atoms with Crippen molar-refractivity contribution in [3.05, 3.63) is 59.4 Å². The second-order valence-corrected chi connectivity index (χ2v) is 4.26. The average molecular weight is 262 g/mol. The van der Waals surface area contributed by atoms with E-state index in [1.165, 1.54) is 18.2 Å². The van der Waals surface area contributed by atoms with Crippen molar-refractivity contribution in [2.75, 3.05) is 0 Å². The third kappa shape index (κ3) is 3.30. The van der Waals surface area contributed by atoms with Gasteiger partial charge in [-0.25, -0.2) is 4.39 Å². The highest BCUT2D eigenvalue weighted by atomic mass is 19.1. The van der Waals surface area contributed by atoms with Crippen LogP contribution in [-0.2, 0) is 6.61 Å². The molecule has 0 unspecified atom stereocenters. The highest BCUT2D eigenvalue weighted by Gasteiger charge is 2.11. The standard InChI is InChI=1S/C15H15FO3/c1-10(18)14-8-12(16)4-7-15(14)19-13-5-2-11(9-17)3-6-13/h2-8,10,17-18H,9H2,1H3/t10-/m0/s1. The van der Waals surface area contributed by atoms with Crippen molar-refractivity contribution in [2.45, 2.75) is 19.6 Å². The van der Waals surface area contributed by atoms with Crippen LogP contribution in [0.3, 0.4) is 0 Å². The number of benzene rings is 2. The molecule has 2 aromatic carbocycles. The number of aliphatic hydroxyl groups is 2. The van der Waals surface area contributed by atoms with Crippen LogP contribution < -0.4 is 4.74 Å². The molecular formula is C15H15FO3. The van der Waals surface area contributed by atoms with Crippen LogP contribution >= 0.6 is 0 Å². The minimum atomic E-state index is -0.817. The summed E-state index contributed by atoms with van der Waals surface area (Å²) in [6.07, 6.45) is -0.817. The molecule has 1 atom stereocenters. The number of ether oxygens (including phenoxy) is 1. The molecule has 0 amide bonds. The summed E-state index contributed by atoms with van der Waals surface area (Å²) in [6.45, 7) is 1.52. The summed E-state index contributed by atoms with van der Waals surface area (Å²) in [6, 6.07) is 10.9. The molecule has 0 aliphatic rings. The summed E-state index contributed by atoms with van der Waals surface area (Å²) >= 11 is 0. The van der Waals surface area contributed by atoms with E-state index in [-0.39, 0.29) is 6.61 Å². The Morgan fingerprint density at radius 1 is 1.16 bits per heavy atom. The number of aliphatic hydroxyl groups excluding tert-OH is 2. The summed E-state index contributed by atoms with van der Waals surface area (Å²) < 4.78 is 18.8. The third-order valence-corrected chi connectivity index (χ3v) is 2.76. The zero-order chi connectivity index (χ0) is 13.8. The van der Waals surface area contributed by atoms with Crippen LogP contribution in [0.25, 0.3) is 0 Å². The van der Waals surface area contributed by atoms with Gasteiger partial charge in [0.1, 0.15) is 17.3 Å². The maximum atomic E-state index is 13.2. The van der Waals surface area contributed by atoms with E-state index in [9.17, 15) is 9.50 Å². The van der Waals surface area contributed by atoms with Gasteiger partial charge >= 0.3 is 0 Å². The molecular weight excluding hydrogens is 247 g/mol. The van der Waals surface area contributed by atoms with Crippen molar-refractivity contribution in [3.8, 4) is 11.5 Å². The molecule has 2 aromatic rings. The van der Waals surface area contributed by atoms with E-state index >= 15 is 0 Å². The van der Waals surface area contributed by atoms with Gasteiger partial charge in [0.05, 0.1) is 12.7 Å². The maximum absolute atomic E-state index is 13.2. The fourth-order valence-corrected chi connectivity index (χ4v) is 1.73. The zero-order valence-electron chi connectivity index (χ0n) is 10.5. The first-order valence-corrected chi connectivity index (χ1v) is 5.95. The zero-order valence-corrected chi connectivity index (χ0v) is 10.5. The quantitative estimate of drug-likeness (QED) is 0.889. The Kier molecular flexibility index (Phi) is 4.14. The van der Waals surface area contributed by atoms with Gasteiger partial charge in [0.15, 0.2) is 0 Å². The van der Waals surface area contributed by atoms with E-state index < -0.39 is 11.9 Å². The molecule has 2 N–H and O–H groups in total. The van der Waals surface area contributed by atoms with E-state index in [1.807, 2.05) is 0 Å². The highest BCUT2D eigenvalue weighted by Crippen LogP contribution is 2.30. The van der Waals surface area contributed by atoms with Gasteiger partial charge in [0.25, 0.3) is 0 Å². The molecule has 3 nitrogen and oxygen atoms in total. The number of hydrogen-bond donors (Lipinski definition) is 2. The molecule has 0 aliphatic heterocycles. The Bertz CT molecular complexity index is 550. The number of halogens is 1. The van der Waals surface area contributed by atoms with Gasteiger partial charge in [-0.05, 0) is 42.8 Å². The molecule has 0 bridgehead atoms. The lowest BCUT2D eigenvalue weighted by Crippen LogP contribution is -1.97. The number of rotatable bonds is 4. The molecule has 0 aromatic heterocycles. The predicted octanol–water partition coefficient (Wildman–Crippen LogP) is 3.16. The first kappa shape index (κ1) is 13.5. The van der Waals surface area contributed by atoms with Crippen LogP contribution in [0.4, 0.5) is 4.39 Å². The Balaban J connectivity index is 2.26. The molecule has 19 heavy (non-hydrogen) atoms. The van der Waals surface area contributed by atoms with Gasteiger partial charge in [0.2, 0.25) is 0 Å². The third-order valence-electron chi connectivity index (χ3n) is 2.76. The Morgan fingerprint density at radius 2 is 1.84 bits per heavy atom. The second kappa shape index (κ2) is 5.82. The van der Waals surface area contributed by atoms with Crippen molar-refractivity contribution in [1.82, 2.24) is 0 Å². The monoisotopic (exact) mass is 262 g/mol. The lowest BCUT2D eigenvalue weighted by Gasteiger charge is -2.13. The summed E-state index contributed by atoms with van der Waals surface area (Å²) in [4.78, 5) is 0. The molecule has 0 saturated heterocycles. The molecule has 0 fully saturated rings. The summed E-state index contributed by atoms with van der Waals surface area (Å²) in [5.74, 6) is 0.553. The van der Waals surface area contributed by atoms with Gasteiger partial charge in [-0.15, -0.1) is 0 Å². The summed E-state index contributed by atoms with van der Waals surface area (Å²) in [5, 5.41) is 18.6. The summed E-state index contributed by atoms with van der Waals surface area (Å²) in [5.41, 5.74) is 1.17. The van der Waals surface area contributed by atoms with Crippen LogP contribution in [0.2, 0.25) is 0 Å². The minimum Gasteiger partial charge on any atom is -0.457 e. The van der Waals surface area contributed by atoms with Crippen LogP contribution in [0.1, 0.15) is 24.2 Å². The first-order valence-electron chi connectivity index (χ1n) is 5.95. The Hall–Kier alpha value is -1.91. The van der Waals surface area contributed by atoms with Crippen molar-refractivity contribution in [2.24, 2.45) is 0 Å². The van der Waals surface area contributed by atoms with Crippen LogP contribution in [0.5, 0.6) is 11.5 Å². The largest absolute Gasteiger partial charge is 0.457 e. The SMILES string of the molecule is C[C@H](O)c1cc(F)ccc1Oc1ccc(CO)cc1. The molecule has 2 rings (SSSR count). The average Bonchev–Trinajstić information content (AvgIpc) is 2.41. The highest BCUT2D eigenvalue weighted by molar-refractivity contribution is 5.39. The fraction of sp³-hybridized carbons (Fsp3) is 0.200. The van der Waals surface area contributed by atoms with E-state index in [0.717, 1.165) is 5.56 Å². The van der Waals surface area contributed by atoms with Gasteiger partial charge in [-0.2, -0.15) is 0 Å². The van der Waals surface area contributed by atoms with Crippen LogP contribution in [0, 0.1) is 5.82 Å². The van der Waals surface area contributed by atoms with E-state index in [0.29, 0.717) is 17.1 Å². The van der Waals surface area contributed by atoms with Gasteiger partial charge in [0, 0.05) is 5.56 Å². The van der Waals surface area contributed by atoms with Crippen molar-refractivity contribution < 1.29 is 19.3 Å². The molecule has 0 saturated carbocycles. The molecule has 100 valence electrons. The van der Waals surface area contributed by atoms with Crippen LogP contribution in [0.15, 0.2) is 42.5 Å².